The first-order chi connectivity index (χ1) is 14.2. The standard InChI is InChI=1S/C23H30N2O3S/c1-16(14-29-18-4-2-3-5-18)24-8-10-25(11-9-24)23(26)20-13-19(20)17-6-7-21-22(12-17)28-15-27-21/h6-7,12,18-20H,1-5,8-11,13-15H2/t19?,20-/m0/s1. The average Bonchev–Trinajstić information content (AvgIpc) is 3.14. The van der Waals surface area contributed by atoms with E-state index in [9.17, 15) is 4.79 Å². The summed E-state index contributed by atoms with van der Waals surface area (Å²) in [5.41, 5.74) is 2.43. The van der Waals surface area contributed by atoms with Gasteiger partial charge >= 0.3 is 0 Å². The van der Waals surface area contributed by atoms with Crippen molar-refractivity contribution in [1.82, 2.24) is 9.80 Å². The second-order valence-electron chi connectivity index (χ2n) is 8.66. The molecule has 0 aromatic heterocycles. The summed E-state index contributed by atoms with van der Waals surface area (Å²) in [6, 6.07) is 6.09. The summed E-state index contributed by atoms with van der Waals surface area (Å²) in [4.78, 5) is 17.4. The molecule has 0 radical (unpaired) electrons. The molecule has 0 N–H and O–H groups in total. The van der Waals surface area contributed by atoms with Crippen LogP contribution >= 0.6 is 11.8 Å². The van der Waals surface area contributed by atoms with Gasteiger partial charge in [0.05, 0.1) is 0 Å². The van der Waals surface area contributed by atoms with Gasteiger partial charge < -0.3 is 19.3 Å². The smallest absolute Gasteiger partial charge is 0.231 e. The zero-order valence-electron chi connectivity index (χ0n) is 17.0. The summed E-state index contributed by atoms with van der Waals surface area (Å²) >= 11 is 2.07. The molecule has 1 aromatic rings. The third-order valence-corrected chi connectivity index (χ3v) is 8.20. The summed E-state index contributed by atoms with van der Waals surface area (Å²) in [6.07, 6.45) is 6.46. The summed E-state index contributed by atoms with van der Waals surface area (Å²) in [5, 5.41) is 0.831. The van der Waals surface area contributed by atoms with Crippen LogP contribution < -0.4 is 9.47 Å². The molecular formula is C23H30N2O3S. The Morgan fingerprint density at radius 2 is 1.79 bits per heavy atom. The Morgan fingerprint density at radius 3 is 2.59 bits per heavy atom. The number of hydrogen-bond acceptors (Lipinski definition) is 5. The van der Waals surface area contributed by atoms with E-state index in [1.165, 1.54) is 36.9 Å². The maximum absolute atomic E-state index is 13.0. The van der Waals surface area contributed by atoms with E-state index in [0.717, 1.165) is 55.1 Å². The van der Waals surface area contributed by atoms with Gasteiger partial charge in [0.1, 0.15) is 0 Å². The summed E-state index contributed by atoms with van der Waals surface area (Å²) < 4.78 is 10.9. The second-order valence-corrected chi connectivity index (χ2v) is 9.95. The van der Waals surface area contributed by atoms with Gasteiger partial charge in [-0.3, -0.25) is 4.79 Å². The van der Waals surface area contributed by atoms with E-state index in [1.807, 2.05) is 12.1 Å². The van der Waals surface area contributed by atoms with Crippen LogP contribution in [0.4, 0.5) is 0 Å². The third-order valence-electron chi connectivity index (χ3n) is 6.76. The van der Waals surface area contributed by atoms with Crippen LogP contribution in [0.3, 0.4) is 0 Å². The Hall–Kier alpha value is -1.82. The molecule has 1 amide bonds. The highest BCUT2D eigenvalue weighted by Gasteiger charge is 2.46. The van der Waals surface area contributed by atoms with Crippen LogP contribution in [0.5, 0.6) is 11.5 Å². The van der Waals surface area contributed by atoms with Crippen LogP contribution in [-0.2, 0) is 4.79 Å². The number of ether oxygens (including phenoxy) is 2. The van der Waals surface area contributed by atoms with Crippen molar-refractivity contribution < 1.29 is 14.3 Å². The fourth-order valence-electron chi connectivity index (χ4n) is 4.82. The molecule has 0 bridgehead atoms. The molecule has 6 heteroatoms. The number of fused-ring (bicyclic) bond motifs is 1. The maximum atomic E-state index is 13.0. The molecule has 1 aromatic carbocycles. The molecule has 1 saturated heterocycles. The molecule has 1 unspecified atom stereocenters. The lowest BCUT2D eigenvalue weighted by atomic mass is 10.1. The number of hydrogen-bond donors (Lipinski definition) is 0. The van der Waals surface area contributed by atoms with Gasteiger partial charge in [0.25, 0.3) is 0 Å². The minimum absolute atomic E-state index is 0.128. The van der Waals surface area contributed by atoms with Crippen LogP contribution in [-0.4, -0.2) is 59.7 Å². The Bertz CT molecular complexity index is 784. The second kappa shape index (κ2) is 8.13. The largest absolute Gasteiger partial charge is 0.454 e. The van der Waals surface area contributed by atoms with Crippen LogP contribution in [0.15, 0.2) is 30.5 Å². The van der Waals surface area contributed by atoms with E-state index in [2.05, 4.69) is 34.2 Å². The van der Waals surface area contributed by atoms with Crippen molar-refractivity contribution in [3.8, 4) is 11.5 Å². The van der Waals surface area contributed by atoms with Gasteiger partial charge in [-0.05, 0) is 42.9 Å². The predicted molar refractivity (Wildman–Crippen MR) is 115 cm³/mol. The van der Waals surface area contributed by atoms with Crippen LogP contribution in [0.1, 0.15) is 43.6 Å². The van der Waals surface area contributed by atoms with Gasteiger partial charge in [-0.25, -0.2) is 0 Å². The van der Waals surface area contributed by atoms with Gasteiger partial charge in [-0.2, -0.15) is 11.8 Å². The summed E-state index contributed by atoms with van der Waals surface area (Å²) in [7, 11) is 0. The first kappa shape index (κ1) is 19.2. The third kappa shape index (κ3) is 4.09. The maximum Gasteiger partial charge on any atom is 0.231 e. The van der Waals surface area contributed by atoms with E-state index < -0.39 is 0 Å². The Kier molecular flexibility index (Phi) is 5.37. The minimum Gasteiger partial charge on any atom is -0.454 e. The lowest BCUT2D eigenvalue weighted by Gasteiger charge is -2.37. The van der Waals surface area contributed by atoms with E-state index in [-0.39, 0.29) is 5.92 Å². The SMILES string of the molecule is C=C(CSC1CCCC1)N1CCN(C(=O)[C@H]2CC2c2ccc3c(c2)OCO3)CC1. The fourth-order valence-corrected chi connectivity index (χ4v) is 6.10. The van der Waals surface area contributed by atoms with Gasteiger partial charge in [0.2, 0.25) is 12.7 Å². The molecule has 156 valence electrons. The van der Waals surface area contributed by atoms with Gasteiger partial charge in [-0.15, -0.1) is 0 Å². The van der Waals surface area contributed by atoms with Crippen molar-refractivity contribution in [3.63, 3.8) is 0 Å². The van der Waals surface area contributed by atoms with Crippen LogP contribution in [0, 0.1) is 5.92 Å². The number of carbonyl (C=O) groups is 1. The Morgan fingerprint density at radius 1 is 1.07 bits per heavy atom. The van der Waals surface area contributed by atoms with Crippen molar-refractivity contribution in [1.29, 1.82) is 0 Å². The zero-order chi connectivity index (χ0) is 19.8. The lowest BCUT2D eigenvalue weighted by molar-refractivity contribution is -0.134. The highest BCUT2D eigenvalue weighted by Crippen LogP contribution is 2.50. The van der Waals surface area contributed by atoms with Crippen molar-refractivity contribution in [2.24, 2.45) is 5.92 Å². The first-order valence-electron chi connectivity index (χ1n) is 10.9. The van der Waals surface area contributed by atoms with E-state index in [1.54, 1.807) is 0 Å². The molecule has 29 heavy (non-hydrogen) atoms. The lowest BCUT2D eigenvalue weighted by Crippen LogP contribution is -2.49. The first-order valence-corrected chi connectivity index (χ1v) is 12.0. The van der Waals surface area contributed by atoms with Crippen molar-refractivity contribution >= 4 is 17.7 Å². The highest BCUT2D eigenvalue weighted by molar-refractivity contribution is 8.00. The van der Waals surface area contributed by atoms with Gasteiger partial charge in [0.15, 0.2) is 11.5 Å². The van der Waals surface area contributed by atoms with Crippen LogP contribution in [0.2, 0.25) is 0 Å². The normalized spacial score (nSPS) is 26.1. The van der Waals surface area contributed by atoms with Crippen molar-refractivity contribution in [2.45, 2.75) is 43.3 Å². The van der Waals surface area contributed by atoms with Crippen LogP contribution in [0.25, 0.3) is 0 Å². The average molecular weight is 415 g/mol. The molecule has 2 heterocycles. The molecule has 0 spiro atoms. The molecule has 3 fully saturated rings. The van der Waals surface area contributed by atoms with Crippen molar-refractivity contribution in [2.75, 3.05) is 38.7 Å². The molecular weight excluding hydrogens is 384 g/mol. The number of benzene rings is 1. The molecule has 2 saturated carbocycles. The topological polar surface area (TPSA) is 42.0 Å². The Balaban J connectivity index is 1.09. The fraction of sp³-hybridized carbons (Fsp3) is 0.609. The molecule has 2 atom stereocenters. The van der Waals surface area contributed by atoms with E-state index in [4.69, 9.17) is 9.47 Å². The van der Waals surface area contributed by atoms with E-state index >= 15 is 0 Å². The number of piperazine rings is 1. The Labute approximate surface area is 177 Å². The molecule has 2 aliphatic carbocycles. The summed E-state index contributed by atoms with van der Waals surface area (Å²) in [5.74, 6) is 3.42. The summed E-state index contributed by atoms with van der Waals surface area (Å²) in [6.45, 7) is 8.07. The van der Waals surface area contributed by atoms with E-state index in [0.29, 0.717) is 18.6 Å². The van der Waals surface area contributed by atoms with Gasteiger partial charge in [0, 0.05) is 48.8 Å². The van der Waals surface area contributed by atoms with Crippen molar-refractivity contribution in [3.05, 3.63) is 36.0 Å². The molecule has 2 aliphatic heterocycles. The molecule has 4 aliphatic rings. The number of carbonyl (C=O) groups excluding carboxylic acids is 1. The quantitative estimate of drug-likeness (QED) is 0.707. The number of thioether (sulfide) groups is 1. The highest BCUT2D eigenvalue weighted by atomic mass is 32.2. The number of amides is 1. The zero-order valence-corrected chi connectivity index (χ0v) is 17.8. The number of nitrogens with zero attached hydrogens (tertiary/aromatic N) is 2. The van der Waals surface area contributed by atoms with Gasteiger partial charge in [-0.1, -0.05) is 25.5 Å². The molecule has 5 rings (SSSR count). The predicted octanol–water partition coefficient (Wildman–Crippen LogP) is 3.85. The number of rotatable bonds is 6. The monoisotopic (exact) mass is 414 g/mol. The molecule has 5 nitrogen and oxygen atoms in total. The minimum atomic E-state index is 0.128.